The molecule has 0 saturated carbocycles. The van der Waals surface area contributed by atoms with E-state index in [1.807, 2.05) is 12.1 Å². The molecule has 1 fully saturated rings. The van der Waals surface area contributed by atoms with E-state index in [0.29, 0.717) is 16.3 Å². The van der Waals surface area contributed by atoms with E-state index in [4.69, 9.17) is 28.5 Å². The van der Waals surface area contributed by atoms with Gasteiger partial charge in [-0.15, -0.1) is 0 Å². The zero-order chi connectivity index (χ0) is 17.3. The maximum atomic E-state index is 8.32. The molecule has 0 aliphatic carbocycles. The summed E-state index contributed by atoms with van der Waals surface area (Å²) in [6.07, 6.45) is 3.45. The van der Waals surface area contributed by atoms with Crippen molar-refractivity contribution in [2.75, 3.05) is 23.7 Å². The molecule has 24 heavy (non-hydrogen) atoms. The highest BCUT2D eigenvalue weighted by Crippen LogP contribution is 2.25. The molecule has 0 unspecified atom stereocenters. The molecule has 1 aromatic heterocycles. The first kappa shape index (κ1) is 16.7. The summed E-state index contributed by atoms with van der Waals surface area (Å²) >= 11 is 6.15. The van der Waals surface area contributed by atoms with Gasteiger partial charge in [0.1, 0.15) is 11.5 Å². The van der Waals surface area contributed by atoms with Gasteiger partial charge >= 0.3 is 0 Å². The van der Waals surface area contributed by atoms with Crippen LogP contribution in [0.3, 0.4) is 0 Å². The van der Waals surface area contributed by atoms with Crippen LogP contribution < -0.4 is 16.4 Å². The van der Waals surface area contributed by atoms with Gasteiger partial charge in [0.05, 0.1) is 16.9 Å². The van der Waals surface area contributed by atoms with E-state index in [2.05, 4.69) is 21.8 Å². The lowest BCUT2D eigenvalue weighted by molar-refractivity contribution is 0.363. The Bertz CT molecular complexity index is 763. The molecule has 2 aromatic rings. The Morgan fingerprint density at radius 3 is 2.58 bits per heavy atom. The van der Waals surface area contributed by atoms with Crippen LogP contribution in [0.15, 0.2) is 30.5 Å². The lowest BCUT2D eigenvalue weighted by Gasteiger charge is -2.37. The van der Waals surface area contributed by atoms with Crippen molar-refractivity contribution >= 4 is 28.9 Å². The Kier molecular flexibility index (Phi) is 4.43. The first-order valence-electron chi connectivity index (χ1n) is 7.87. The SMILES string of the molecule is CC1(N)CCN(c2cnc(C(=N)c3ccccc3Cl)c(N)n2)CC1. The summed E-state index contributed by atoms with van der Waals surface area (Å²) in [4.78, 5) is 10.9. The highest BCUT2D eigenvalue weighted by molar-refractivity contribution is 6.35. The topological polar surface area (TPSA) is 105 Å². The molecule has 0 spiro atoms. The predicted octanol–water partition coefficient (Wildman–Crippen LogP) is 2.45. The van der Waals surface area contributed by atoms with Crippen molar-refractivity contribution in [1.29, 1.82) is 5.41 Å². The standard InChI is InChI=1S/C17H21ClN6/c1-17(21)6-8-24(9-7-17)13-10-22-15(16(20)23-13)14(19)11-4-2-3-5-12(11)18/h2-5,10,19H,6-9,21H2,1H3,(H2,20,23). The largest absolute Gasteiger partial charge is 0.382 e. The summed E-state index contributed by atoms with van der Waals surface area (Å²) < 4.78 is 0. The van der Waals surface area contributed by atoms with Gasteiger partial charge in [-0.3, -0.25) is 5.41 Å². The minimum atomic E-state index is -0.123. The van der Waals surface area contributed by atoms with Crippen LogP contribution in [0.4, 0.5) is 11.6 Å². The molecule has 1 aliphatic rings. The highest BCUT2D eigenvalue weighted by Gasteiger charge is 2.27. The number of nitrogen functional groups attached to an aromatic ring is 1. The predicted molar refractivity (Wildman–Crippen MR) is 97.9 cm³/mol. The van der Waals surface area contributed by atoms with E-state index < -0.39 is 0 Å². The number of nitrogens with two attached hydrogens (primary N) is 2. The van der Waals surface area contributed by atoms with E-state index in [-0.39, 0.29) is 17.1 Å². The number of hydrogen-bond donors (Lipinski definition) is 3. The van der Waals surface area contributed by atoms with Crippen molar-refractivity contribution in [2.45, 2.75) is 25.3 Å². The number of benzene rings is 1. The fourth-order valence-electron chi connectivity index (χ4n) is 2.78. The Morgan fingerprint density at radius 1 is 1.29 bits per heavy atom. The normalized spacial score (nSPS) is 16.9. The van der Waals surface area contributed by atoms with Crippen LogP contribution in [-0.2, 0) is 0 Å². The first-order valence-corrected chi connectivity index (χ1v) is 8.25. The lowest BCUT2D eigenvalue weighted by Crippen LogP contribution is -2.48. The van der Waals surface area contributed by atoms with E-state index in [1.54, 1.807) is 18.3 Å². The Morgan fingerprint density at radius 2 is 1.96 bits per heavy atom. The molecule has 1 aliphatic heterocycles. The van der Waals surface area contributed by atoms with Crippen LogP contribution in [0.5, 0.6) is 0 Å². The van der Waals surface area contributed by atoms with E-state index in [9.17, 15) is 0 Å². The molecular formula is C17H21ClN6. The van der Waals surface area contributed by atoms with Gasteiger partial charge in [0.25, 0.3) is 0 Å². The second-order valence-corrected chi connectivity index (χ2v) is 6.87. The zero-order valence-electron chi connectivity index (χ0n) is 13.6. The summed E-state index contributed by atoms with van der Waals surface area (Å²) in [6, 6.07) is 7.15. The molecule has 0 bridgehead atoms. The maximum Gasteiger partial charge on any atom is 0.154 e. The van der Waals surface area contributed by atoms with Crippen LogP contribution in [0, 0.1) is 5.41 Å². The smallest absolute Gasteiger partial charge is 0.154 e. The quantitative estimate of drug-likeness (QED) is 0.742. The van der Waals surface area contributed by atoms with Crippen molar-refractivity contribution in [3.8, 4) is 0 Å². The van der Waals surface area contributed by atoms with Gasteiger partial charge in [-0.1, -0.05) is 29.8 Å². The summed E-state index contributed by atoms with van der Waals surface area (Å²) in [7, 11) is 0. The average Bonchev–Trinajstić information content (AvgIpc) is 2.54. The maximum absolute atomic E-state index is 8.32. The third-order valence-corrected chi connectivity index (χ3v) is 4.73. The second kappa shape index (κ2) is 6.37. The molecule has 7 heteroatoms. The number of halogens is 1. The first-order chi connectivity index (χ1) is 11.4. The van der Waals surface area contributed by atoms with Gasteiger partial charge in [0.2, 0.25) is 0 Å². The van der Waals surface area contributed by atoms with Crippen molar-refractivity contribution in [2.24, 2.45) is 5.73 Å². The van der Waals surface area contributed by atoms with E-state index >= 15 is 0 Å². The third-order valence-electron chi connectivity index (χ3n) is 4.40. The van der Waals surface area contributed by atoms with Gasteiger partial charge in [0.15, 0.2) is 5.82 Å². The monoisotopic (exact) mass is 344 g/mol. The molecule has 3 rings (SSSR count). The minimum absolute atomic E-state index is 0.123. The second-order valence-electron chi connectivity index (χ2n) is 6.46. The van der Waals surface area contributed by atoms with Crippen LogP contribution in [-0.4, -0.2) is 34.3 Å². The molecule has 2 heterocycles. The van der Waals surface area contributed by atoms with E-state index in [1.165, 1.54) is 0 Å². The molecule has 0 amide bonds. The van der Waals surface area contributed by atoms with Crippen molar-refractivity contribution in [3.05, 3.63) is 46.7 Å². The number of piperidine rings is 1. The Balaban J connectivity index is 1.83. The van der Waals surface area contributed by atoms with Crippen LogP contribution >= 0.6 is 11.6 Å². The molecule has 6 nitrogen and oxygen atoms in total. The van der Waals surface area contributed by atoms with E-state index in [0.717, 1.165) is 31.7 Å². The molecule has 5 N–H and O–H groups in total. The number of rotatable bonds is 3. The molecule has 126 valence electrons. The van der Waals surface area contributed by atoms with Crippen LogP contribution in [0.2, 0.25) is 5.02 Å². The Labute approximate surface area is 146 Å². The fraction of sp³-hybridized carbons (Fsp3) is 0.353. The van der Waals surface area contributed by atoms with Gasteiger partial charge in [0, 0.05) is 24.2 Å². The van der Waals surface area contributed by atoms with Gasteiger partial charge in [-0.25, -0.2) is 9.97 Å². The molecule has 1 aromatic carbocycles. The zero-order valence-corrected chi connectivity index (χ0v) is 14.3. The van der Waals surface area contributed by atoms with Gasteiger partial charge in [-0.05, 0) is 25.8 Å². The molecular weight excluding hydrogens is 324 g/mol. The average molecular weight is 345 g/mol. The lowest BCUT2D eigenvalue weighted by atomic mass is 9.91. The summed E-state index contributed by atoms with van der Waals surface area (Å²) in [5.41, 5.74) is 13.2. The summed E-state index contributed by atoms with van der Waals surface area (Å²) in [6.45, 7) is 3.71. The van der Waals surface area contributed by atoms with Crippen molar-refractivity contribution in [3.63, 3.8) is 0 Å². The third kappa shape index (κ3) is 3.34. The molecule has 0 atom stereocenters. The van der Waals surface area contributed by atoms with Crippen LogP contribution in [0.25, 0.3) is 0 Å². The fourth-order valence-corrected chi connectivity index (χ4v) is 3.01. The van der Waals surface area contributed by atoms with Gasteiger partial charge < -0.3 is 16.4 Å². The number of nitrogens with zero attached hydrogens (tertiary/aromatic N) is 3. The minimum Gasteiger partial charge on any atom is -0.382 e. The highest BCUT2D eigenvalue weighted by atomic mass is 35.5. The number of hydrogen-bond acceptors (Lipinski definition) is 6. The van der Waals surface area contributed by atoms with Crippen molar-refractivity contribution in [1.82, 2.24) is 9.97 Å². The number of anilines is 2. The number of aromatic nitrogens is 2. The summed E-state index contributed by atoms with van der Waals surface area (Å²) in [5.74, 6) is 0.956. The molecule has 1 saturated heterocycles. The number of nitrogens with one attached hydrogen (secondary N) is 1. The van der Waals surface area contributed by atoms with Crippen molar-refractivity contribution < 1.29 is 0 Å². The van der Waals surface area contributed by atoms with Gasteiger partial charge in [-0.2, -0.15) is 0 Å². The Hall–Kier alpha value is -2.18. The van der Waals surface area contributed by atoms with Crippen LogP contribution in [0.1, 0.15) is 31.0 Å². The molecule has 0 radical (unpaired) electrons. The summed E-state index contributed by atoms with van der Waals surface area (Å²) in [5, 5.41) is 8.81.